The summed E-state index contributed by atoms with van der Waals surface area (Å²) in [5, 5.41) is 7.81. The van der Waals surface area contributed by atoms with Gasteiger partial charge in [0.1, 0.15) is 0 Å². The molecular formula is C13H18N2O4S. The molecule has 0 aromatic heterocycles. The first-order chi connectivity index (χ1) is 9.36. The second-order valence-corrected chi connectivity index (χ2v) is 6.56. The van der Waals surface area contributed by atoms with Crippen molar-refractivity contribution in [3.05, 3.63) is 29.8 Å². The van der Waals surface area contributed by atoms with Crippen LogP contribution in [0.4, 0.5) is 0 Å². The molecule has 20 heavy (non-hydrogen) atoms. The summed E-state index contributed by atoms with van der Waals surface area (Å²) in [4.78, 5) is 12.0. The standard InChI is InChI=1S/C13H18N2O4S/c1-19-13(6-3-7-13)9-15-12(16)10-4-2-5-11(8-10)20(14,17)18/h2,4-5,8H,3,6-7,9H2,1H3,(H,15,16)(H2,14,17,18). The molecule has 0 saturated heterocycles. The third-order valence-electron chi connectivity index (χ3n) is 3.69. The number of nitrogens with two attached hydrogens (primary N) is 1. The quantitative estimate of drug-likeness (QED) is 0.833. The van der Waals surface area contributed by atoms with Gasteiger partial charge >= 0.3 is 0 Å². The van der Waals surface area contributed by atoms with E-state index in [-0.39, 0.29) is 22.0 Å². The van der Waals surface area contributed by atoms with Gasteiger partial charge in [-0.25, -0.2) is 13.6 Å². The van der Waals surface area contributed by atoms with Crippen molar-refractivity contribution in [1.29, 1.82) is 0 Å². The second kappa shape index (κ2) is 5.51. The molecule has 1 fully saturated rings. The lowest BCUT2D eigenvalue weighted by molar-refractivity contribution is -0.0679. The van der Waals surface area contributed by atoms with Gasteiger partial charge in [-0.2, -0.15) is 0 Å². The van der Waals surface area contributed by atoms with Gasteiger partial charge in [0.15, 0.2) is 0 Å². The van der Waals surface area contributed by atoms with Gasteiger partial charge in [-0.05, 0) is 37.5 Å². The Hall–Kier alpha value is -1.44. The Morgan fingerprint density at radius 2 is 2.15 bits per heavy atom. The fourth-order valence-electron chi connectivity index (χ4n) is 2.18. The maximum atomic E-state index is 12.0. The number of sulfonamides is 1. The smallest absolute Gasteiger partial charge is 0.251 e. The van der Waals surface area contributed by atoms with Gasteiger partial charge in [-0.15, -0.1) is 0 Å². The van der Waals surface area contributed by atoms with Crippen LogP contribution in [0.3, 0.4) is 0 Å². The van der Waals surface area contributed by atoms with E-state index in [4.69, 9.17) is 9.88 Å². The Morgan fingerprint density at radius 3 is 2.65 bits per heavy atom. The molecule has 0 spiro atoms. The summed E-state index contributed by atoms with van der Waals surface area (Å²) in [5.74, 6) is -0.334. The molecule has 1 amide bonds. The molecule has 0 unspecified atom stereocenters. The number of carbonyl (C=O) groups excluding carboxylic acids is 1. The molecule has 0 heterocycles. The summed E-state index contributed by atoms with van der Waals surface area (Å²) in [6, 6.07) is 5.66. The second-order valence-electron chi connectivity index (χ2n) is 5.00. The van der Waals surface area contributed by atoms with E-state index in [0.717, 1.165) is 19.3 Å². The fraction of sp³-hybridized carbons (Fsp3) is 0.462. The Kier molecular flexibility index (Phi) is 4.12. The molecule has 6 nitrogen and oxygen atoms in total. The van der Waals surface area contributed by atoms with Crippen LogP contribution in [-0.2, 0) is 14.8 Å². The highest BCUT2D eigenvalue weighted by molar-refractivity contribution is 7.89. The predicted octanol–water partition coefficient (Wildman–Crippen LogP) is 0.633. The Labute approximate surface area is 118 Å². The normalized spacial score (nSPS) is 17.3. The largest absolute Gasteiger partial charge is 0.376 e. The lowest BCUT2D eigenvalue weighted by Crippen LogP contribution is -2.49. The van der Waals surface area contributed by atoms with Crippen molar-refractivity contribution in [1.82, 2.24) is 5.32 Å². The van der Waals surface area contributed by atoms with Crippen LogP contribution in [0.2, 0.25) is 0 Å². The molecule has 1 aromatic carbocycles. The van der Waals surface area contributed by atoms with E-state index >= 15 is 0 Å². The summed E-state index contributed by atoms with van der Waals surface area (Å²) in [6.07, 6.45) is 2.92. The SMILES string of the molecule is COC1(CNC(=O)c2cccc(S(N)(=O)=O)c2)CCC1. The predicted molar refractivity (Wildman–Crippen MR) is 73.7 cm³/mol. The number of hydrogen-bond donors (Lipinski definition) is 2. The first-order valence-electron chi connectivity index (χ1n) is 6.33. The van der Waals surface area contributed by atoms with Gasteiger partial charge in [0.05, 0.1) is 10.5 Å². The third kappa shape index (κ3) is 3.17. The van der Waals surface area contributed by atoms with Gasteiger partial charge in [0, 0.05) is 19.2 Å². The van der Waals surface area contributed by atoms with Crippen LogP contribution in [0.1, 0.15) is 29.6 Å². The van der Waals surface area contributed by atoms with E-state index in [1.807, 2.05) is 0 Å². The van der Waals surface area contributed by atoms with Crippen molar-refractivity contribution in [2.75, 3.05) is 13.7 Å². The van der Waals surface area contributed by atoms with Crippen molar-refractivity contribution < 1.29 is 17.9 Å². The summed E-state index contributed by atoms with van der Waals surface area (Å²) in [5.41, 5.74) is -0.00479. The van der Waals surface area contributed by atoms with E-state index in [1.165, 1.54) is 18.2 Å². The van der Waals surface area contributed by atoms with Gasteiger partial charge < -0.3 is 10.1 Å². The zero-order chi connectivity index (χ0) is 14.8. The monoisotopic (exact) mass is 298 g/mol. The minimum Gasteiger partial charge on any atom is -0.376 e. The summed E-state index contributed by atoms with van der Waals surface area (Å²) >= 11 is 0. The van der Waals surface area contributed by atoms with E-state index in [2.05, 4.69) is 5.32 Å². The number of primary sulfonamides is 1. The maximum absolute atomic E-state index is 12.0. The lowest BCUT2D eigenvalue weighted by Gasteiger charge is -2.40. The van der Waals surface area contributed by atoms with Crippen LogP contribution in [0.25, 0.3) is 0 Å². The molecule has 110 valence electrons. The molecule has 0 radical (unpaired) electrons. The molecule has 1 aliphatic carbocycles. The molecule has 1 aromatic rings. The van der Waals surface area contributed by atoms with Crippen LogP contribution in [0.15, 0.2) is 29.2 Å². The summed E-state index contributed by atoms with van der Waals surface area (Å²) < 4.78 is 27.9. The van der Waals surface area contributed by atoms with Crippen LogP contribution in [-0.4, -0.2) is 33.6 Å². The number of ether oxygens (including phenoxy) is 1. The zero-order valence-electron chi connectivity index (χ0n) is 11.3. The van der Waals surface area contributed by atoms with E-state index in [0.29, 0.717) is 6.54 Å². The molecule has 3 N–H and O–H groups in total. The maximum Gasteiger partial charge on any atom is 0.251 e. The molecule has 0 bridgehead atoms. The van der Waals surface area contributed by atoms with Crippen molar-refractivity contribution in [2.45, 2.75) is 29.8 Å². The number of nitrogens with one attached hydrogen (secondary N) is 1. The highest BCUT2D eigenvalue weighted by Gasteiger charge is 2.37. The number of rotatable bonds is 5. The third-order valence-corrected chi connectivity index (χ3v) is 4.60. The number of methoxy groups -OCH3 is 1. The molecular weight excluding hydrogens is 280 g/mol. The van der Waals surface area contributed by atoms with Gasteiger partial charge in [-0.3, -0.25) is 4.79 Å². The van der Waals surface area contributed by atoms with Crippen LogP contribution in [0, 0.1) is 0 Å². The average molecular weight is 298 g/mol. The number of benzene rings is 1. The molecule has 1 saturated carbocycles. The highest BCUT2D eigenvalue weighted by atomic mass is 32.2. The van der Waals surface area contributed by atoms with Crippen LogP contribution < -0.4 is 10.5 Å². The lowest BCUT2D eigenvalue weighted by atomic mass is 9.80. The van der Waals surface area contributed by atoms with Crippen LogP contribution in [0.5, 0.6) is 0 Å². The van der Waals surface area contributed by atoms with Crippen molar-refractivity contribution in [2.24, 2.45) is 5.14 Å². The molecule has 1 aliphatic rings. The minimum absolute atomic E-state index is 0.0738. The van der Waals surface area contributed by atoms with Crippen molar-refractivity contribution >= 4 is 15.9 Å². The van der Waals surface area contributed by atoms with Gasteiger partial charge in [0.2, 0.25) is 10.0 Å². The van der Waals surface area contributed by atoms with Crippen molar-refractivity contribution in [3.8, 4) is 0 Å². The van der Waals surface area contributed by atoms with E-state index in [1.54, 1.807) is 13.2 Å². The molecule has 7 heteroatoms. The molecule has 0 aliphatic heterocycles. The highest BCUT2D eigenvalue weighted by Crippen LogP contribution is 2.34. The number of hydrogen-bond acceptors (Lipinski definition) is 4. The first kappa shape index (κ1) is 15.0. The first-order valence-corrected chi connectivity index (χ1v) is 7.87. The number of carbonyl (C=O) groups is 1. The van der Waals surface area contributed by atoms with Gasteiger partial charge in [0.25, 0.3) is 5.91 Å². The van der Waals surface area contributed by atoms with E-state index in [9.17, 15) is 13.2 Å². The molecule has 0 atom stereocenters. The Morgan fingerprint density at radius 1 is 1.45 bits per heavy atom. The summed E-state index contributed by atoms with van der Waals surface area (Å²) in [7, 11) is -2.17. The van der Waals surface area contributed by atoms with Gasteiger partial charge in [-0.1, -0.05) is 6.07 Å². The zero-order valence-corrected chi connectivity index (χ0v) is 12.1. The molecule has 2 rings (SSSR count). The Bertz CT molecular complexity index is 603. The van der Waals surface area contributed by atoms with Crippen LogP contribution >= 0.6 is 0 Å². The average Bonchev–Trinajstić information content (AvgIpc) is 2.37. The fourth-order valence-corrected chi connectivity index (χ4v) is 2.74. The van der Waals surface area contributed by atoms with Crippen molar-refractivity contribution in [3.63, 3.8) is 0 Å². The topological polar surface area (TPSA) is 98.5 Å². The minimum atomic E-state index is -3.81. The van der Waals surface area contributed by atoms with E-state index < -0.39 is 10.0 Å². The summed E-state index contributed by atoms with van der Waals surface area (Å²) in [6.45, 7) is 0.419. The number of amides is 1. The Balaban J connectivity index is 2.06.